The summed E-state index contributed by atoms with van der Waals surface area (Å²) in [5, 5.41) is 5.66. The molecule has 1 aliphatic carbocycles. The highest BCUT2D eigenvalue weighted by Crippen LogP contribution is 2.19. The maximum absolute atomic E-state index is 12.1. The van der Waals surface area contributed by atoms with E-state index in [0.29, 0.717) is 29.5 Å². The lowest BCUT2D eigenvalue weighted by molar-refractivity contribution is 0.0948. The molecule has 21 heavy (non-hydrogen) atoms. The minimum atomic E-state index is -0.229. The van der Waals surface area contributed by atoms with E-state index in [1.165, 1.54) is 0 Å². The summed E-state index contributed by atoms with van der Waals surface area (Å²) in [7, 11) is 0. The molecular formula is C16H16N2O3. The van der Waals surface area contributed by atoms with Gasteiger partial charge >= 0.3 is 0 Å². The van der Waals surface area contributed by atoms with Gasteiger partial charge in [0.05, 0.1) is 12.8 Å². The van der Waals surface area contributed by atoms with Crippen LogP contribution in [0.25, 0.3) is 0 Å². The van der Waals surface area contributed by atoms with E-state index >= 15 is 0 Å². The van der Waals surface area contributed by atoms with Gasteiger partial charge in [0.1, 0.15) is 5.76 Å². The fraction of sp³-hybridized carbons (Fsp3) is 0.250. The lowest BCUT2D eigenvalue weighted by Crippen LogP contribution is -2.26. The zero-order valence-corrected chi connectivity index (χ0v) is 11.5. The molecule has 1 aromatic heterocycles. The third-order valence-electron chi connectivity index (χ3n) is 3.30. The molecule has 2 N–H and O–H groups in total. The summed E-state index contributed by atoms with van der Waals surface area (Å²) in [6, 6.07) is 10.6. The Kier molecular flexibility index (Phi) is 3.73. The third-order valence-corrected chi connectivity index (χ3v) is 3.30. The van der Waals surface area contributed by atoms with Gasteiger partial charge in [-0.2, -0.15) is 0 Å². The van der Waals surface area contributed by atoms with Crippen molar-refractivity contribution in [2.75, 3.05) is 0 Å². The Hall–Kier alpha value is -2.56. The quantitative estimate of drug-likeness (QED) is 0.883. The van der Waals surface area contributed by atoms with Gasteiger partial charge in [-0.05, 0) is 43.2 Å². The molecule has 3 rings (SSSR count). The Morgan fingerprint density at radius 1 is 1.10 bits per heavy atom. The van der Waals surface area contributed by atoms with E-state index in [9.17, 15) is 9.59 Å². The van der Waals surface area contributed by atoms with Crippen LogP contribution in [0.5, 0.6) is 0 Å². The number of benzene rings is 1. The van der Waals surface area contributed by atoms with Crippen LogP contribution in [0.2, 0.25) is 0 Å². The van der Waals surface area contributed by atoms with Crippen LogP contribution in [0.3, 0.4) is 0 Å². The third kappa shape index (κ3) is 3.51. The topological polar surface area (TPSA) is 71.3 Å². The van der Waals surface area contributed by atoms with Crippen LogP contribution >= 0.6 is 0 Å². The standard InChI is InChI=1S/C16H16N2O3/c19-15(17-10-14-5-2-8-21-14)11-3-1-4-12(9-11)16(20)18-13-6-7-13/h1-5,8-9,13H,6-7,10H2,(H,17,19)(H,18,20). The number of amides is 2. The maximum Gasteiger partial charge on any atom is 0.251 e. The number of rotatable bonds is 5. The van der Waals surface area contributed by atoms with E-state index in [-0.39, 0.29) is 11.8 Å². The molecule has 5 heteroatoms. The summed E-state index contributed by atoms with van der Waals surface area (Å²) in [4.78, 5) is 24.0. The molecule has 0 bridgehead atoms. The summed E-state index contributed by atoms with van der Waals surface area (Å²) < 4.78 is 5.15. The largest absolute Gasteiger partial charge is 0.467 e. The van der Waals surface area contributed by atoms with Crippen LogP contribution in [0.1, 0.15) is 39.3 Å². The first-order valence-corrected chi connectivity index (χ1v) is 6.94. The Bertz CT molecular complexity index is 645. The SMILES string of the molecule is O=C(NCc1ccco1)c1cccc(C(=O)NC2CC2)c1. The van der Waals surface area contributed by atoms with E-state index in [4.69, 9.17) is 4.42 Å². The molecule has 0 saturated heterocycles. The summed E-state index contributed by atoms with van der Waals surface area (Å²) in [5.74, 6) is 0.330. The molecule has 0 unspecified atom stereocenters. The van der Waals surface area contributed by atoms with Gasteiger partial charge in [0.2, 0.25) is 0 Å². The van der Waals surface area contributed by atoms with Crippen molar-refractivity contribution in [3.8, 4) is 0 Å². The van der Waals surface area contributed by atoms with Crippen molar-refractivity contribution >= 4 is 11.8 Å². The monoisotopic (exact) mass is 284 g/mol. The zero-order valence-electron chi connectivity index (χ0n) is 11.5. The molecule has 108 valence electrons. The van der Waals surface area contributed by atoms with Crippen molar-refractivity contribution in [3.63, 3.8) is 0 Å². The molecule has 1 aliphatic rings. The first-order valence-electron chi connectivity index (χ1n) is 6.94. The van der Waals surface area contributed by atoms with E-state index in [1.54, 1.807) is 42.7 Å². The second-order valence-electron chi connectivity index (χ2n) is 5.09. The van der Waals surface area contributed by atoms with Gasteiger partial charge in [0, 0.05) is 17.2 Å². The second kappa shape index (κ2) is 5.83. The highest BCUT2D eigenvalue weighted by Gasteiger charge is 2.24. The number of hydrogen-bond donors (Lipinski definition) is 2. The van der Waals surface area contributed by atoms with Crippen molar-refractivity contribution in [1.82, 2.24) is 10.6 Å². The number of carbonyl (C=O) groups excluding carboxylic acids is 2. The second-order valence-corrected chi connectivity index (χ2v) is 5.09. The van der Waals surface area contributed by atoms with Gasteiger partial charge in [0.25, 0.3) is 11.8 Å². The Labute approximate surface area is 122 Å². The summed E-state index contributed by atoms with van der Waals surface area (Å²) >= 11 is 0. The van der Waals surface area contributed by atoms with Crippen molar-refractivity contribution < 1.29 is 14.0 Å². The van der Waals surface area contributed by atoms with E-state index in [1.807, 2.05) is 0 Å². The lowest BCUT2D eigenvalue weighted by Gasteiger charge is -2.06. The van der Waals surface area contributed by atoms with Gasteiger partial charge in [-0.25, -0.2) is 0 Å². The van der Waals surface area contributed by atoms with E-state index in [2.05, 4.69) is 10.6 Å². The molecule has 1 aromatic carbocycles. The van der Waals surface area contributed by atoms with Gasteiger partial charge in [0.15, 0.2) is 0 Å². The van der Waals surface area contributed by atoms with Gasteiger partial charge in [-0.3, -0.25) is 9.59 Å². The molecule has 0 radical (unpaired) electrons. The Balaban J connectivity index is 1.63. The van der Waals surface area contributed by atoms with Crippen LogP contribution in [-0.2, 0) is 6.54 Å². The maximum atomic E-state index is 12.1. The van der Waals surface area contributed by atoms with Crippen LogP contribution in [0.15, 0.2) is 47.1 Å². The summed E-state index contributed by atoms with van der Waals surface area (Å²) in [6.45, 7) is 0.324. The van der Waals surface area contributed by atoms with Crippen molar-refractivity contribution in [2.45, 2.75) is 25.4 Å². The molecule has 2 aromatic rings. The molecule has 1 heterocycles. The summed E-state index contributed by atoms with van der Waals surface area (Å²) in [5.41, 5.74) is 0.970. The van der Waals surface area contributed by atoms with Crippen LogP contribution in [0, 0.1) is 0 Å². The molecule has 1 fully saturated rings. The first kappa shape index (κ1) is 13.4. The van der Waals surface area contributed by atoms with Crippen LogP contribution in [0.4, 0.5) is 0 Å². The number of nitrogens with one attached hydrogen (secondary N) is 2. The Morgan fingerprint density at radius 2 is 1.86 bits per heavy atom. The molecule has 0 spiro atoms. The fourth-order valence-electron chi connectivity index (χ4n) is 1.98. The smallest absolute Gasteiger partial charge is 0.251 e. The average Bonchev–Trinajstić information content (AvgIpc) is 3.16. The highest BCUT2D eigenvalue weighted by atomic mass is 16.3. The molecular weight excluding hydrogens is 268 g/mol. The number of carbonyl (C=O) groups is 2. The zero-order chi connectivity index (χ0) is 14.7. The van der Waals surface area contributed by atoms with Crippen LogP contribution in [-0.4, -0.2) is 17.9 Å². The minimum absolute atomic E-state index is 0.127. The van der Waals surface area contributed by atoms with E-state index in [0.717, 1.165) is 12.8 Å². The van der Waals surface area contributed by atoms with E-state index < -0.39 is 0 Å². The van der Waals surface area contributed by atoms with Gasteiger partial charge in [-0.1, -0.05) is 6.07 Å². The molecule has 0 atom stereocenters. The average molecular weight is 284 g/mol. The first-order chi connectivity index (χ1) is 10.2. The predicted molar refractivity (Wildman–Crippen MR) is 76.8 cm³/mol. The number of hydrogen-bond acceptors (Lipinski definition) is 3. The van der Waals surface area contributed by atoms with Gasteiger partial charge in [-0.15, -0.1) is 0 Å². The molecule has 2 amide bonds. The van der Waals surface area contributed by atoms with Gasteiger partial charge < -0.3 is 15.1 Å². The normalized spacial score (nSPS) is 13.7. The molecule has 1 saturated carbocycles. The van der Waals surface area contributed by atoms with Crippen molar-refractivity contribution in [2.24, 2.45) is 0 Å². The molecule has 0 aliphatic heterocycles. The van der Waals surface area contributed by atoms with Crippen molar-refractivity contribution in [3.05, 3.63) is 59.5 Å². The molecule has 5 nitrogen and oxygen atoms in total. The summed E-state index contributed by atoms with van der Waals surface area (Å²) in [6.07, 6.45) is 3.63. The fourth-order valence-corrected chi connectivity index (χ4v) is 1.98. The van der Waals surface area contributed by atoms with Crippen molar-refractivity contribution in [1.29, 1.82) is 0 Å². The highest BCUT2D eigenvalue weighted by molar-refractivity contribution is 5.99. The predicted octanol–water partition coefficient (Wildman–Crippen LogP) is 2.10. The Morgan fingerprint density at radius 3 is 2.52 bits per heavy atom. The van der Waals surface area contributed by atoms with Crippen LogP contribution < -0.4 is 10.6 Å². The minimum Gasteiger partial charge on any atom is -0.467 e. The number of furan rings is 1. The lowest BCUT2D eigenvalue weighted by atomic mass is 10.1.